The average Bonchev–Trinajstić information content (AvgIpc) is 3.17. The molecule has 100 valence electrons. The zero-order chi connectivity index (χ0) is 13.2. The van der Waals surface area contributed by atoms with Crippen LogP contribution in [0.25, 0.3) is 0 Å². The highest BCUT2D eigenvalue weighted by Crippen LogP contribution is 2.41. The predicted octanol–water partition coefficient (Wildman–Crippen LogP) is 2.76. The molecule has 0 spiro atoms. The van der Waals surface area contributed by atoms with Gasteiger partial charge >= 0.3 is 0 Å². The summed E-state index contributed by atoms with van der Waals surface area (Å²) in [5.74, 6) is 0.266. The van der Waals surface area contributed by atoms with E-state index in [2.05, 4.69) is 0 Å². The Morgan fingerprint density at radius 2 is 2.17 bits per heavy atom. The minimum absolute atomic E-state index is 0.0459. The van der Waals surface area contributed by atoms with Crippen molar-refractivity contribution in [2.24, 2.45) is 17.1 Å². The number of aliphatic hydroxyl groups is 1. The second-order valence-corrected chi connectivity index (χ2v) is 5.84. The topological polar surface area (TPSA) is 46.2 Å². The molecule has 1 aliphatic carbocycles. The van der Waals surface area contributed by atoms with Crippen LogP contribution in [-0.4, -0.2) is 18.3 Å². The fourth-order valence-electron chi connectivity index (χ4n) is 2.43. The molecular formula is C14H19ClFNO. The van der Waals surface area contributed by atoms with E-state index >= 15 is 0 Å². The summed E-state index contributed by atoms with van der Waals surface area (Å²) in [7, 11) is 0. The summed E-state index contributed by atoms with van der Waals surface area (Å²) >= 11 is 5.66. The molecule has 1 aromatic rings. The van der Waals surface area contributed by atoms with E-state index < -0.39 is 5.82 Å². The highest BCUT2D eigenvalue weighted by molar-refractivity contribution is 6.30. The standard InChI is InChI=1S/C14H19ClFNO/c15-12-4-3-11(5-13(12)16)7-14(8-17,9-18)6-10-1-2-10/h3-5,10,18H,1-2,6-9,17H2. The van der Waals surface area contributed by atoms with Crippen molar-refractivity contribution >= 4 is 11.6 Å². The first-order valence-corrected chi connectivity index (χ1v) is 6.71. The number of hydrogen-bond donors (Lipinski definition) is 2. The van der Waals surface area contributed by atoms with Gasteiger partial charge in [0.1, 0.15) is 5.82 Å². The molecule has 0 amide bonds. The molecule has 2 nitrogen and oxygen atoms in total. The fourth-order valence-corrected chi connectivity index (χ4v) is 2.55. The molecule has 0 bridgehead atoms. The molecular weight excluding hydrogens is 253 g/mol. The van der Waals surface area contributed by atoms with Crippen molar-refractivity contribution in [3.8, 4) is 0 Å². The van der Waals surface area contributed by atoms with Gasteiger partial charge in [-0.2, -0.15) is 0 Å². The minimum Gasteiger partial charge on any atom is -0.396 e. The molecule has 4 heteroatoms. The predicted molar refractivity (Wildman–Crippen MR) is 71.0 cm³/mol. The van der Waals surface area contributed by atoms with Crippen molar-refractivity contribution in [1.82, 2.24) is 0 Å². The highest BCUT2D eigenvalue weighted by atomic mass is 35.5. The summed E-state index contributed by atoms with van der Waals surface area (Å²) in [6, 6.07) is 4.80. The molecule has 0 aliphatic heterocycles. The summed E-state index contributed by atoms with van der Waals surface area (Å²) in [4.78, 5) is 0. The Balaban J connectivity index is 2.13. The summed E-state index contributed by atoms with van der Waals surface area (Å²) < 4.78 is 13.4. The number of rotatable bonds is 6. The lowest BCUT2D eigenvalue weighted by Gasteiger charge is -2.31. The number of benzene rings is 1. The van der Waals surface area contributed by atoms with Gasteiger partial charge in [-0.15, -0.1) is 0 Å². The van der Waals surface area contributed by atoms with Gasteiger partial charge in [-0.25, -0.2) is 4.39 Å². The van der Waals surface area contributed by atoms with Crippen LogP contribution in [0.4, 0.5) is 4.39 Å². The molecule has 0 aromatic heterocycles. The Bertz CT molecular complexity index is 416. The Labute approximate surface area is 112 Å². The van der Waals surface area contributed by atoms with Crippen LogP contribution in [0.3, 0.4) is 0 Å². The van der Waals surface area contributed by atoms with Crippen LogP contribution >= 0.6 is 11.6 Å². The first kappa shape index (κ1) is 13.8. The number of aliphatic hydroxyl groups excluding tert-OH is 1. The highest BCUT2D eigenvalue weighted by Gasteiger charge is 2.35. The van der Waals surface area contributed by atoms with Crippen molar-refractivity contribution < 1.29 is 9.50 Å². The van der Waals surface area contributed by atoms with Crippen LogP contribution in [0, 0.1) is 17.2 Å². The number of halogens is 2. The average molecular weight is 272 g/mol. The maximum absolute atomic E-state index is 13.4. The Hall–Kier alpha value is -0.640. The van der Waals surface area contributed by atoms with Crippen LogP contribution in [0.2, 0.25) is 5.02 Å². The van der Waals surface area contributed by atoms with Gasteiger partial charge in [0, 0.05) is 12.0 Å². The van der Waals surface area contributed by atoms with Crippen LogP contribution in [0.15, 0.2) is 18.2 Å². The van der Waals surface area contributed by atoms with Crippen LogP contribution in [0.5, 0.6) is 0 Å². The van der Waals surface area contributed by atoms with Gasteiger partial charge < -0.3 is 10.8 Å². The molecule has 2 rings (SSSR count). The van der Waals surface area contributed by atoms with E-state index in [9.17, 15) is 9.50 Å². The zero-order valence-corrected chi connectivity index (χ0v) is 11.1. The quantitative estimate of drug-likeness (QED) is 0.836. The molecule has 1 saturated carbocycles. The maximum Gasteiger partial charge on any atom is 0.142 e. The van der Waals surface area contributed by atoms with E-state index in [0.717, 1.165) is 12.0 Å². The largest absolute Gasteiger partial charge is 0.396 e. The Morgan fingerprint density at radius 1 is 1.44 bits per heavy atom. The number of hydrogen-bond acceptors (Lipinski definition) is 2. The molecule has 0 radical (unpaired) electrons. The van der Waals surface area contributed by atoms with Gasteiger partial charge in [-0.1, -0.05) is 30.5 Å². The molecule has 1 aromatic carbocycles. The lowest BCUT2D eigenvalue weighted by Crippen LogP contribution is -2.37. The normalized spacial score (nSPS) is 18.7. The van der Waals surface area contributed by atoms with Crippen LogP contribution in [-0.2, 0) is 6.42 Å². The van der Waals surface area contributed by atoms with E-state index in [-0.39, 0.29) is 17.0 Å². The van der Waals surface area contributed by atoms with E-state index in [4.69, 9.17) is 17.3 Å². The summed E-state index contributed by atoms with van der Waals surface area (Å²) in [6.45, 7) is 0.467. The lowest BCUT2D eigenvalue weighted by atomic mass is 9.78. The van der Waals surface area contributed by atoms with Crippen molar-refractivity contribution in [1.29, 1.82) is 0 Å². The maximum atomic E-state index is 13.4. The van der Waals surface area contributed by atoms with E-state index in [1.54, 1.807) is 12.1 Å². The van der Waals surface area contributed by atoms with Gasteiger partial charge in [0.25, 0.3) is 0 Å². The molecule has 0 heterocycles. The van der Waals surface area contributed by atoms with Gasteiger partial charge in [-0.3, -0.25) is 0 Å². The first-order chi connectivity index (χ1) is 8.58. The molecule has 1 atom stereocenters. The number of nitrogens with two attached hydrogens (primary N) is 1. The minimum atomic E-state index is -0.413. The van der Waals surface area contributed by atoms with Crippen LogP contribution in [0.1, 0.15) is 24.8 Å². The SMILES string of the molecule is NCC(CO)(Cc1ccc(Cl)c(F)c1)CC1CC1. The molecule has 0 saturated heterocycles. The summed E-state index contributed by atoms with van der Waals surface area (Å²) in [5.41, 5.74) is 6.36. The van der Waals surface area contributed by atoms with Gasteiger partial charge in [0.15, 0.2) is 0 Å². The smallest absolute Gasteiger partial charge is 0.142 e. The zero-order valence-electron chi connectivity index (χ0n) is 10.3. The summed E-state index contributed by atoms with van der Waals surface area (Å²) in [5, 5.41) is 9.77. The molecule has 3 N–H and O–H groups in total. The monoisotopic (exact) mass is 271 g/mol. The van der Waals surface area contributed by atoms with E-state index in [1.807, 2.05) is 0 Å². The fraction of sp³-hybridized carbons (Fsp3) is 0.571. The molecule has 18 heavy (non-hydrogen) atoms. The first-order valence-electron chi connectivity index (χ1n) is 6.33. The second kappa shape index (κ2) is 5.55. The molecule has 1 unspecified atom stereocenters. The third-order valence-electron chi connectivity index (χ3n) is 3.75. The van der Waals surface area contributed by atoms with E-state index in [0.29, 0.717) is 18.9 Å². The third kappa shape index (κ3) is 3.22. The van der Waals surface area contributed by atoms with Crippen LogP contribution < -0.4 is 5.73 Å². The third-order valence-corrected chi connectivity index (χ3v) is 4.06. The lowest BCUT2D eigenvalue weighted by molar-refractivity contribution is 0.115. The van der Waals surface area contributed by atoms with Crippen molar-refractivity contribution in [3.05, 3.63) is 34.6 Å². The van der Waals surface area contributed by atoms with Gasteiger partial charge in [0.05, 0.1) is 11.6 Å². The summed E-state index contributed by atoms with van der Waals surface area (Å²) in [6.07, 6.45) is 3.96. The molecule has 1 fully saturated rings. The Morgan fingerprint density at radius 3 is 2.67 bits per heavy atom. The molecule has 1 aliphatic rings. The van der Waals surface area contributed by atoms with Gasteiger partial charge in [0.2, 0.25) is 0 Å². The second-order valence-electron chi connectivity index (χ2n) is 5.43. The van der Waals surface area contributed by atoms with Gasteiger partial charge in [-0.05, 0) is 36.5 Å². The Kier molecular flexibility index (Phi) is 4.25. The van der Waals surface area contributed by atoms with Crippen molar-refractivity contribution in [2.75, 3.05) is 13.2 Å². The van der Waals surface area contributed by atoms with Crippen molar-refractivity contribution in [2.45, 2.75) is 25.7 Å². The van der Waals surface area contributed by atoms with Crippen molar-refractivity contribution in [3.63, 3.8) is 0 Å². The van der Waals surface area contributed by atoms with E-state index in [1.165, 1.54) is 18.9 Å².